The maximum atomic E-state index is 12.2. The largest absolute Gasteiger partial charge is 0.454 e. The van der Waals surface area contributed by atoms with Gasteiger partial charge < -0.3 is 10.2 Å². The lowest BCUT2D eigenvalue weighted by atomic mass is 10.2. The summed E-state index contributed by atoms with van der Waals surface area (Å²) in [6.07, 6.45) is -4.74. The average molecular weight is 228 g/mol. The standard InChI is InChI=1S/C7H5ClF3NO2/c8-2-3-1-4(6(12)13)5(14-3)7(9,10)11/h1H,2H2,(H2,12,13). The van der Waals surface area contributed by atoms with Crippen molar-refractivity contribution < 1.29 is 22.4 Å². The van der Waals surface area contributed by atoms with Crippen LogP contribution < -0.4 is 5.73 Å². The second kappa shape index (κ2) is 3.53. The Balaban J connectivity index is 3.26. The first-order valence-corrected chi connectivity index (χ1v) is 3.95. The van der Waals surface area contributed by atoms with Gasteiger partial charge in [-0.2, -0.15) is 13.2 Å². The van der Waals surface area contributed by atoms with E-state index in [0.717, 1.165) is 6.07 Å². The molecule has 3 nitrogen and oxygen atoms in total. The molecule has 0 fully saturated rings. The van der Waals surface area contributed by atoms with Crippen molar-refractivity contribution in [1.29, 1.82) is 0 Å². The van der Waals surface area contributed by atoms with Crippen LogP contribution in [-0.2, 0) is 12.1 Å². The summed E-state index contributed by atoms with van der Waals surface area (Å²) in [7, 11) is 0. The zero-order chi connectivity index (χ0) is 10.9. The van der Waals surface area contributed by atoms with Crippen LogP contribution in [0.4, 0.5) is 13.2 Å². The zero-order valence-corrected chi connectivity index (χ0v) is 7.45. The fraction of sp³-hybridized carbons (Fsp3) is 0.286. The number of carbonyl (C=O) groups excluding carboxylic acids is 1. The number of nitrogens with two attached hydrogens (primary N) is 1. The van der Waals surface area contributed by atoms with Crippen molar-refractivity contribution in [2.75, 3.05) is 0 Å². The van der Waals surface area contributed by atoms with E-state index in [2.05, 4.69) is 4.42 Å². The highest BCUT2D eigenvalue weighted by molar-refractivity contribution is 6.16. The summed E-state index contributed by atoms with van der Waals surface area (Å²) < 4.78 is 41.0. The summed E-state index contributed by atoms with van der Waals surface area (Å²) in [5, 5.41) is 0. The molecule has 0 aromatic carbocycles. The molecule has 78 valence electrons. The minimum Gasteiger partial charge on any atom is -0.454 e. The minimum atomic E-state index is -4.74. The average Bonchev–Trinajstić information content (AvgIpc) is 2.46. The number of hydrogen-bond acceptors (Lipinski definition) is 2. The number of carbonyl (C=O) groups is 1. The maximum absolute atomic E-state index is 12.2. The van der Waals surface area contributed by atoms with E-state index < -0.39 is 23.4 Å². The molecule has 0 radical (unpaired) electrons. The van der Waals surface area contributed by atoms with E-state index in [1.807, 2.05) is 0 Å². The van der Waals surface area contributed by atoms with Crippen LogP contribution in [-0.4, -0.2) is 5.91 Å². The zero-order valence-electron chi connectivity index (χ0n) is 6.69. The molecule has 0 atom stereocenters. The normalized spacial score (nSPS) is 11.7. The lowest BCUT2D eigenvalue weighted by molar-refractivity contribution is -0.153. The molecule has 0 aliphatic heterocycles. The van der Waals surface area contributed by atoms with Crippen LogP contribution in [0.1, 0.15) is 21.9 Å². The minimum absolute atomic E-state index is 0.146. The van der Waals surface area contributed by atoms with Gasteiger partial charge in [0.25, 0.3) is 5.91 Å². The fourth-order valence-electron chi connectivity index (χ4n) is 0.902. The highest BCUT2D eigenvalue weighted by atomic mass is 35.5. The van der Waals surface area contributed by atoms with Crippen LogP contribution in [0.2, 0.25) is 0 Å². The first-order chi connectivity index (χ1) is 6.36. The van der Waals surface area contributed by atoms with Gasteiger partial charge in [-0.05, 0) is 6.07 Å². The summed E-state index contributed by atoms with van der Waals surface area (Å²) >= 11 is 5.25. The molecule has 0 spiro atoms. The van der Waals surface area contributed by atoms with E-state index in [1.165, 1.54) is 0 Å². The molecular weight excluding hydrogens is 223 g/mol. The van der Waals surface area contributed by atoms with Gasteiger partial charge in [-0.15, -0.1) is 11.6 Å². The lowest BCUT2D eigenvalue weighted by Crippen LogP contribution is -2.16. The lowest BCUT2D eigenvalue weighted by Gasteiger charge is -2.03. The maximum Gasteiger partial charge on any atom is 0.450 e. The molecule has 0 unspecified atom stereocenters. The smallest absolute Gasteiger partial charge is 0.450 e. The SMILES string of the molecule is NC(=O)c1cc(CCl)oc1C(F)(F)F. The monoisotopic (exact) mass is 227 g/mol. The number of primary amides is 1. The molecule has 1 rings (SSSR count). The van der Waals surface area contributed by atoms with Crippen molar-refractivity contribution in [3.05, 3.63) is 23.2 Å². The van der Waals surface area contributed by atoms with Crippen molar-refractivity contribution in [1.82, 2.24) is 0 Å². The van der Waals surface area contributed by atoms with Crippen molar-refractivity contribution in [3.63, 3.8) is 0 Å². The highest BCUT2D eigenvalue weighted by Gasteiger charge is 2.39. The Morgan fingerprint density at radius 2 is 2.14 bits per heavy atom. The van der Waals surface area contributed by atoms with Gasteiger partial charge in [0.2, 0.25) is 5.76 Å². The Labute approximate surface area is 81.6 Å². The Bertz CT molecular complexity index is 358. The van der Waals surface area contributed by atoms with Crippen LogP contribution in [0.25, 0.3) is 0 Å². The second-order valence-electron chi connectivity index (χ2n) is 2.45. The molecule has 0 bridgehead atoms. The number of hydrogen-bond donors (Lipinski definition) is 1. The topological polar surface area (TPSA) is 56.2 Å². The van der Waals surface area contributed by atoms with Gasteiger partial charge in [0.05, 0.1) is 11.4 Å². The number of rotatable bonds is 2. The van der Waals surface area contributed by atoms with Gasteiger partial charge in [-0.3, -0.25) is 4.79 Å². The quantitative estimate of drug-likeness (QED) is 0.787. The molecule has 7 heteroatoms. The van der Waals surface area contributed by atoms with E-state index in [1.54, 1.807) is 0 Å². The molecule has 1 heterocycles. The Hall–Kier alpha value is -1.17. The molecule has 0 saturated carbocycles. The molecule has 0 saturated heterocycles. The summed E-state index contributed by atoms with van der Waals surface area (Å²) in [6, 6.07) is 0.887. The van der Waals surface area contributed by atoms with Crippen molar-refractivity contribution in [2.24, 2.45) is 5.73 Å². The summed E-state index contributed by atoms with van der Waals surface area (Å²) in [4.78, 5) is 10.6. The number of alkyl halides is 4. The third-order valence-electron chi connectivity index (χ3n) is 1.44. The van der Waals surface area contributed by atoms with E-state index in [9.17, 15) is 18.0 Å². The second-order valence-corrected chi connectivity index (χ2v) is 2.72. The molecule has 2 N–H and O–H groups in total. The fourth-order valence-corrected chi connectivity index (χ4v) is 1.03. The molecule has 14 heavy (non-hydrogen) atoms. The van der Waals surface area contributed by atoms with E-state index >= 15 is 0 Å². The van der Waals surface area contributed by atoms with Crippen LogP contribution in [0.3, 0.4) is 0 Å². The molecular formula is C7H5ClF3NO2. The van der Waals surface area contributed by atoms with Gasteiger partial charge >= 0.3 is 6.18 Å². The Morgan fingerprint density at radius 1 is 1.57 bits per heavy atom. The van der Waals surface area contributed by atoms with Gasteiger partial charge in [0, 0.05) is 0 Å². The Kier molecular flexibility index (Phi) is 2.75. The van der Waals surface area contributed by atoms with Crippen molar-refractivity contribution in [3.8, 4) is 0 Å². The van der Waals surface area contributed by atoms with Gasteiger partial charge in [0.15, 0.2) is 0 Å². The number of halogens is 4. The summed E-state index contributed by atoms with van der Waals surface area (Å²) in [5.74, 6) is -3.00. The van der Waals surface area contributed by atoms with Gasteiger partial charge in [0.1, 0.15) is 5.76 Å². The number of amides is 1. The van der Waals surface area contributed by atoms with Crippen molar-refractivity contribution in [2.45, 2.75) is 12.1 Å². The van der Waals surface area contributed by atoms with E-state index in [-0.39, 0.29) is 11.6 Å². The van der Waals surface area contributed by atoms with Crippen LogP contribution in [0.15, 0.2) is 10.5 Å². The number of furan rings is 1. The van der Waals surface area contributed by atoms with E-state index in [4.69, 9.17) is 17.3 Å². The van der Waals surface area contributed by atoms with Crippen LogP contribution in [0, 0.1) is 0 Å². The molecule has 1 aromatic heterocycles. The predicted octanol–water partition coefficient (Wildman–Crippen LogP) is 2.14. The van der Waals surface area contributed by atoms with Crippen LogP contribution >= 0.6 is 11.6 Å². The molecule has 0 aliphatic rings. The summed E-state index contributed by atoms with van der Waals surface area (Å²) in [6.45, 7) is 0. The first kappa shape index (κ1) is 10.9. The molecule has 1 aromatic rings. The molecule has 0 aliphatic carbocycles. The Morgan fingerprint density at radius 3 is 2.43 bits per heavy atom. The summed E-state index contributed by atoms with van der Waals surface area (Å²) in [5.41, 5.74) is 4.04. The first-order valence-electron chi connectivity index (χ1n) is 3.42. The predicted molar refractivity (Wildman–Crippen MR) is 41.8 cm³/mol. The van der Waals surface area contributed by atoms with E-state index in [0.29, 0.717) is 0 Å². The molecule has 1 amide bonds. The highest BCUT2D eigenvalue weighted by Crippen LogP contribution is 2.34. The van der Waals surface area contributed by atoms with Gasteiger partial charge in [-0.25, -0.2) is 0 Å². The third-order valence-corrected chi connectivity index (χ3v) is 1.70. The van der Waals surface area contributed by atoms with Crippen molar-refractivity contribution >= 4 is 17.5 Å². The van der Waals surface area contributed by atoms with Crippen LogP contribution in [0.5, 0.6) is 0 Å². The third kappa shape index (κ3) is 2.01. The van der Waals surface area contributed by atoms with Gasteiger partial charge in [-0.1, -0.05) is 0 Å².